The third-order valence-corrected chi connectivity index (χ3v) is 5.41. The molecule has 0 spiro atoms. The van der Waals surface area contributed by atoms with Gasteiger partial charge in [-0.3, -0.25) is 14.6 Å². The van der Waals surface area contributed by atoms with Crippen LogP contribution in [0.25, 0.3) is 11.5 Å². The number of amides is 1. The third-order valence-electron chi connectivity index (χ3n) is 4.29. The topological polar surface area (TPSA) is 132 Å². The minimum atomic E-state index is -0.550. The van der Waals surface area contributed by atoms with Gasteiger partial charge in [-0.05, 0) is 18.9 Å². The molecule has 2 N–H and O–H groups in total. The summed E-state index contributed by atoms with van der Waals surface area (Å²) in [4.78, 5) is 42.8. The van der Waals surface area contributed by atoms with Crippen molar-refractivity contribution < 1.29 is 14.1 Å². The number of aromatic nitrogens is 4. The van der Waals surface area contributed by atoms with Gasteiger partial charge in [-0.1, -0.05) is 5.16 Å². The van der Waals surface area contributed by atoms with Crippen LogP contribution in [0.4, 0.5) is 5.00 Å². The number of aryl methyl sites for hydroxylation is 2. The maximum absolute atomic E-state index is 12.5. The lowest BCUT2D eigenvalue weighted by molar-refractivity contribution is -0.116. The van der Waals surface area contributed by atoms with Crippen molar-refractivity contribution >= 4 is 22.2 Å². The maximum Gasteiger partial charge on any atom is 0.328 e. The highest BCUT2D eigenvalue weighted by Crippen LogP contribution is 2.42. The molecule has 0 unspecified atom stereocenters. The van der Waals surface area contributed by atoms with E-state index >= 15 is 0 Å². The molecule has 11 heteroatoms. The third kappa shape index (κ3) is 3.66. The number of hydrogen-bond donors (Lipinski definition) is 2. The predicted molar refractivity (Wildman–Crippen MR) is 100 cm³/mol. The van der Waals surface area contributed by atoms with E-state index in [9.17, 15) is 14.4 Å². The lowest BCUT2D eigenvalue weighted by atomic mass is 10.1. The number of H-pyrrole nitrogens is 1. The second-order valence-corrected chi connectivity index (χ2v) is 7.36. The lowest BCUT2D eigenvalue weighted by Gasteiger charge is -2.12. The van der Waals surface area contributed by atoms with E-state index in [2.05, 4.69) is 20.4 Å². The summed E-state index contributed by atoms with van der Waals surface area (Å²) in [5.74, 6) is 0.607. The molecular formula is C17H17N5O5S. The van der Waals surface area contributed by atoms with Crippen LogP contribution in [-0.4, -0.2) is 32.2 Å². The van der Waals surface area contributed by atoms with Crippen molar-refractivity contribution in [2.45, 2.75) is 32.9 Å². The average Bonchev–Trinajstić information content (AvgIpc) is 3.23. The monoisotopic (exact) mass is 403 g/mol. The molecule has 0 saturated heterocycles. The zero-order valence-electron chi connectivity index (χ0n) is 15.0. The van der Waals surface area contributed by atoms with Crippen LogP contribution in [0, 0.1) is 6.92 Å². The minimum absolute atomic E-state index is 0.0628. The molecule has 0 bridgehead atoms. The summed E-state index contributed by atoms with van der Waals surface area (Å²) in [6.45, 7) is 2.94. The van der Waals surface area contributed by atoms with Gasteiger partial charge in [0.1, 0.15) is 5.00 Å². The van der Waals surface area contributed by atoms with E-state index in [1.165, 1.54) is 28.2 Å². The van der Waals surface area contributed by atoms with Crippen LogP contribution < -0.4 is 16.6 Å². The highest BCUT2D eigenvalue weighted by molar-refractivity contribution is 7.17. The van der Waals surface area contributed by atoms with Gasteiger partial charge < -0.3 is 19.1 Å². The quantitative estimate of drug-likeness (QED) is 0.651. The smallest absolute Gasteiger partial charge is 0.328 e. The van der Waals surface area contributed by atoms with Gasteiger partial charge in [-0.2, -0.15) is 4.98 Å². The molecular weight excluding hydrogens is 386 g/mol. The van der Waals surface area contributed by atoms with Crippen molar-refractivity contribution in [1.82, 2.24) is 19.7 Å². The summed E-state index contributed by atoms with van der Waals surface area (Å²) in [6, 6.07) is 1.24. The highest BCUT2D eigenvalue weighted by Gasteiger charge is 2.26. The molecule has 10 nitrogen and oxygen atoms in total. The molecule has 0 aromatic carbocycles. The number of carbonyl (C=O) groups is 1. The van der Waals surface area contributed by atoms with Crippen LogP contribution in [0.15, 0.2) is 26.4 Å². The Morgan fingerprint density at radius 3 is 3.04 bits per heavy atom. The number of aromatic amines is 1. The fourth-order valence-corrected chi connectivity index (χ4v) is 4.17. The van der Waals surface area contributed by atoms with E-state index < -0.39 is 11.2 Å². The Hall–Kier alpha value is -3.05. The summed E-state index contributed by atoms with van der Waals surface area (Å²) in [6.07, 6.45) is 2.13. The zero-order valence-corrected chi connectivity index (χ0v) is 15.8. The van der Waals surface area contributed by atoms with Crippen molar-refractivity contribution in [1.29, 1.82) is 0 Å². The number of nitrogens with one attached hydrogen (secondary N) is 2. The van der Waals surface area contributed by atoms with Gasteiger partial charge in [0.05, 0.1) is 18.8 Å². The molecule has 3 aromatic heterocycles. The Morgan fingerprint density at radius 2 is 2.29 bits per heavy atom. The van der Waals surface area contributed by atoms with Crippen LogP contribution in [0.3, 0.4) is 0 Å². The fraction of sp³-hybridized carbons (Fsp3) is 0.353. The van der Waals surface area contributed by atoms with Crippen LogP contribution in [0.2, 0.25) is 0 Å². The molecule has 1 amide bonds. The van der Waals surface area contributed by atoms with Crippen molar-refractivity contribution in [3.63, 3.8) is 0 Å². The van der Waals surface area contributed by atoms with Gasteiger partial charge in [0.25, 0.3) is 11.4 Å². The summed E-state index contributed by atoms with van der Waals surface area (Å²) in [7, 11) is 0. The minimum Gasteiger partial charge on any atom is -0.376 e. The Bertz CT molecular complexity index is 1140. The van der Waals surface area contributed by atoms with Crippen molar-refractivity contribution in [3.8, 4) is 11.5 Å². The Labute approximate surface area is 162 Å². The lowest BCUT2D eigenvalue weighted by Crippen LogP contribution is -2.29. The van der Waals surface area contributed by atoms with Gasteiger partial charge in [0.15, 0.2) is 5.82 Å². The standard InChI is InChI=1S/C17H17N5O5S/c1-9-18-15(27-21-9)14-10-4-7-26-8-11(10)28-16(14)19-12(23)2-5-22-6-3-13(24)20-17(22)25/h3,6H,2,4-5,7-8H2,1H3,(H,19,23)(H,20,24,25). The summed E-state index contributed by atoms with van der Waals surface area (Å²) < 4.78 is 12.1. The Morgan fingerprint density at radius 1 is 1.43 bits per heavy atom. The SMILES string of the molecule is Cc1noc(-c2c(NC(=O)CCn3ccc(=O)[nH]c3=O)sc3c2CCOC3)n1. The highest BCUT2D eigenvalue weighted by atomic mass is 32.1. The number of anilines is 1. The van der Waals surface area contributed by atoms with Crippen molar-refractivity contribution in [2.24, 2.45) is 0 Å². The molecule has 0 aliphatic carbocycles. The first-order chi connectivity index (χ1) is 13.5. The van der Waals surface area contributed by atoms with E-state index in [0.29, 0.717) is 36.4 Å². The maximum atomic E-state index is 12.5. The normalized spacial score (nSPS) is 13.3. The van der Waals surface area contributed by atoms with Crippen LogP contribution in [0.5, 0.6) is 0 Å². The molecule has 3 aromatic rings. The summed E-state index contributed by atoms with van der Waals surface area (Å²) >= 11 is 1.42. The van der Waals surface area contributed by atoms with E-state index in [-0.39, 0.29) is 18.9 Å². The zero-order chi connectivity index (χ0) is 19.7. The van der Waals surface area contributed by atoms with Gasteiger partial charge in [-0.15, -0.1) is 11.3 Å². The second-order valence-electron chi connectivity index (χ2n) is 6.26. The van der Waals surface area contributed by atoms with Gasteiger partial charge in [-0.25, -0.2) is 4.79 Å². The summed E-state index contributed by atoms with van der Waals surface area (Å²) in [5.41, 5.74) is 0.758. The average molecular weight is 403 g/mol. The van der Waals surface area contributed by atoms with Gasteiger partial charge >= 0.3 is 5.69 Å². The molecule has 1 aliphatic heterocycles. The molecule has 28 heavy (non-hydrogen) atoms. The van der Waals surface area contributed by atoms with Crippen molar-refractivity contribution in [2.75, 3.05) is 11.9 Å². The van der Waals surface area contributed by atoms with E-state index in [4.69, 9.17) is 9.26 Å². The molecule has 0 atom stereocenters. The Balaban J connectivity index is 1.55. The fourth-order valence-electron chi connectivity index (χ4n) is 2.98. The Kier molecular flexibility index (Phi) is 4.92. The molecule has 0 radical (unpaired) electrons. The van der Waals surface area contributed by atoms with Gasteiger partial charge in [0, 0.05) is 30.1 Å². The van der Waals surface area contributed by atoms with Crippen LogP contribution >= 0.6 is 11.3 Å². The van der Waals surface area contributed by atoms with E-state index in [1.807, 2.05) is 0 Å². The van der Waals surface area contributed by atoms with Crippen LogP contribution in [-0.2, 0) is 29.1 Å². The first kappa shape index (κ1) is 18.3. The largest absolute Gasteiger partial charge is 0.376 e. The number of rotatable bonds is 5. The first-order valence-electron chi connectivity index (χ1n) is 8.64. The second kappa shape index (κ2) is 7.52. The molecule has 0 fully saturated rings. The van der Waals surface area contributed by atoms with Crippen molar-refractivity contribution in [3.05, 3.63) is 49.4 Å². The number of carbonyl (C=O) groups excluding carboxylic acids is 1. The first-order valence-corrected chi connectivity index (χ1v) is 9.45. The molecule has 146 valence electrons. The molecule has 0 saturated carbocycles. The number of hydrogen-bond acceptors (Lipinski definition) is 8. The number of ether oxygens (including phenoxy) is 1. The molecule has 1 aliphatic rings. The number of thiophene rings is 1. The molecule has 4 rings (SSSR count). The summed E-state index contributed by atoms with van der Waals surface area (Å²) in [5, 5.41) is 7.35. The van der Waals surface area contributed by atoms with Gasteiger partial charge in [0.2, 0.25) is 5.91 Å². The number of nitrogens with zero attached hydrogens (tertiary/aromatic N) is 3. The van der Waals surface area contributed by atoms with E-state index in [0.717, 1.165) is 16.0 Å². The molecule has 4 heterocycles. The van der Waals surface area contributed by atoms with Crippen LogP contribution in [0.1, 0.15) is 22.7 Å². The van der Waals surface area contributed by atoms with E-state index in [1.54, 1.807) is 6.92 Å². The number of fused-ring (bicyclic) bond motifs is 1. The predicted octanol–water partition coefficient (Wildman–Crippen LogP) is 1.06.